The summed E-state index contributed by atoms with van der Waals surface area (Å²) in [6.07, 6.45) is 4.72. The molecule has 1 heterocycles. The molecule has 0 spiro atoms. The molecule has 94 valence electrons. The molecule has 1 aliphatic rings. The van der Waals surface area contributed by atoms with Crippen LogP contribution in [0.5, 0.6) is 0 Å². The van der Waals surface area contributed by atoms with Crippen LogP contribution in [0.15, 0.2) is 17.2 Å². The number of aromatic amines is 1. The van der Waals surface area contributed by atoms with E-state index in [2.05, 4.69) is 10.3 Å². The maximum absolute atomic E-state index is 11.6. The van der Waals surface area contributed by atoms with E-state index in [4.69, 9.17) is 10.7 Å². The molecule has 0 saturated heterocycles. The van der Waals surface area contributed by atoms with Gasteiger partial charge in [0.05, 0.1) is 0 Å². The van der Waals surface area contributed by atoms with Crippen LogP contribution < -0.4 is 5.32 Å². The topological polar surface area (TPSA) is 79.0 Å². The highest BCUT2D eigenvalue weighted by Gasteiger charge is 2.20. The quantitative estimate of drug-likeness (QED) is 0.818. The van der Waals surface area contributed by atoms with Crippen LogP contribution in [0, 0.1) is 5.92 Å². The molecular formula is C10H13ClN2O3S. The minimum absolute atomic E-state index is 0.0899. The van der Waals surface area contributed by atoms with Crippen LogP contribution in [-0.4, -0.2) is 25.9 Å². The molecule has 2 rings (SSSR count). The van der Waals surface area contributed by atoms with Gasteiger partial charge in [0, 0.05) is 23.4 Å². The van der Waals surface area contributed by atoms with Gasteiger partial charge in [-0.25, -0.2) is 8.42 Å². The number of hydrogen-bond acceptors (Lipinski definition) is 3. The van der Waals surface area contributed by atoms with Crippen LogP contribution in [0.1, 0.15) is 29.8 Å². The molecule has 0 bridgehead atoms. The number of hydrogen-bond donors (Lipinski definition) is 2. The maximum Gasteiger partial charge on any atom is 0.267 e. The molecule has 1 aromatic heterocycles. The molecule has 0 unspecified atom stereocenters. The zero-order chi connectivity index (χ0) is 12.5. The smallest absolute Gasteiger partial charge is 0.267 e. The van der Waals surface area contributed by atoms with E-state index in [1.807, 2.05) is 0 Å². The molecule has 5 nitrogen and oxygen atoms in total. The first kappa shape index (κ1) is 12.4. The van der Waals surface area contributed by atoms with E-state index in [0.717, 1.165) is 12.8 Å². The van der Waals surface area contributed by atoms with E-state index in [1.165, 1.54) is 18.7 Å². The second-order valence-electron chi connectivity index (χ2n) is 4.19. The normalized spacial score (nSPS) is 16.5. The first-order valence-electron chi connectivity index (χ1n) is 5.38. The van der Waals surface area contributed by atoms with Gasteiger partial charge < -0.3 is 10.3 Å². The highest BCUT2D eigenvalue weighted by molar-refractivity contribution is 8.13. The van der Waals surface area contributed by atoms with Gasteiger partial charge in [0.1, 0.15) is 10.6 Å². The minimum Gasteiger partial charge on any atom is -0.356 e. The second-order valence-corrected chi connectivity index (χ2v) is 6.76. The van der Waals surface area contributed by atoms with Crippen LogP contribution in [0.4, 0.5) is 0 Å². The molecule has 0 aromatic carbocycles. The molecule has 0 radical (unpaired) electrons. The van der Waals surface area contributed by atoms with Gasteiger partial charge in [-0.15, -0.1) is 0 Å². The Balaban J connectivity index is 1.96. The SMILES string of the molecule is O=C(NCC1CCC1)c1cc(S(=O)(=O)Cl)c[nH]1. The minimum atomic E-state index is -3.78. The van der Waals surface area contributed by atoms with Gasteiger partial charge >= 0.3 is 0 Å². The molecule has 17 heavy (non-hydrogen) atoms. The first-order chi connectivity index (χ1) is 7.97. The first-order valence-corrected chi connectivity index (χ1v) is 7.69. The number of H-pyrrole nitrogens is 1. The van der Waals surface area contributed by atoms with E-state index in [1.54, 1.807) is 0 Å². The highest BCUT2D eigenvalue weighted by atomic mass is 35.7. The number of nitrogens with one attached hydrogen (secondary N) is 2. The molecular weight excluding hydrogens is 264 g/mol. The Morgan fingerprint density at radius 3 is 2.71 bits per heavy atom. The van der Waals surface area contributed by atoms with Crippen molar-refractivity contribution in [1.29, 1.82) is 0 Å². The molecule has 1 aromatic rings. The molecule has 0 aliphatic heterocycles. The Labute approximate surface area is 104 Å². The van der Waals surface area contributed by atoms with Crippen LogP contribution in [-0.2, 0) is 9.05 Å². The summed E-state index contributed by atoms with van der Waals surface area (Å²) < 4.78 is 22.0. The van der Waals surface area contributed by atoms with E-state index in [-0.39, 0.29) is 16.5 Å². The van der Waals surface area contributed by atoms with Crippen molar-refractivity contribution in [3.05, 3.63) is 18.0 Å². The van der Waals surface area contributed by atoms with Gasteiger partial charge in [-0.05, 0) is 24.8 Å². The van der Waals surface area contributed by atoms with Crippen molar-refractivity contribution in [2.24, 2.45) is 5.92 Å². The summed E-state index contributed by atoms with van der Waals surface area (Å²) in [4.78, 5) is 14.2. The molecule has 1 amide bonds. The van der Waals surface area contributed by atoms with E-state index < -0.39 is 9.05 Å². The zero-order valence-corrected chi connectivity index (χ0v) is 10.6. The van der Waals surface area contributed by atoms with E-state index in [9.17, 15) is 13.2 Å². The lowest BCUT2D eigenvalue weighted by molar-refractivity contribution is 0.0934. The van der Waals surface area contributed by atoms with Crippen molar-refractivity contribution < 1.29 is 13.2 Å². The van der Waals surface area contributed by atoms with Crippen LogP contribution in [0.3, 0.4) is 0 Å². The highest BCUT2D eigenvalue weighted by Crippen LogP contribution is 2.25. The second kappa shape index (κ2) is 4.70. The lowest BCUT2D eigenvalue weighted by Crippen LogP contribution is -2.32. The number of carbonyl (C=O) groups excluding carboxylic acids is 1. The van der Waals surface area contributed by atoms with Crippen molar-refractivity contribution in [3.63, 3.8) is 0 Å². The Morgan fingerprint density at radius 1 is 1.53 bits per heavy atom. The number of aromatic nitrogens is 1. The van der Waals surface area contributed by atoms with Crippen LogP contribution in [0.25, 0.3) is 0 Å². The van der Waals surface area contributed by atoms with Crippen LogP contribution >= 0.6 is 10.7 Å². The lowest BCUT2D eigenvalue weighted by Gasteiger charge is -2.25. The Kier molecular flexibility index (Phi) is 3.44. The summed E-state index contributed by atoms with van der Waals surface area (Å²) in [5.41, 5.74) is 0.212. The summed E-state index contributed by atoms with van der Waals surface area (Å²) in [6.45, 7) is 0.640. The van der Waals surface area contributed by atoms with Crippen molar-refractivity contribution in [2.45, 2.75) is 24.2 Å². The van der Waals surface area contributed by atoms with E-state index >= 15 is 0 Å². The van der Waals surface area contributed by atoms with Crippen molar-refractivity contribution in [1.82, 2.24) is 10.3 Å². The van der Waals surface area contributed by atoms with E-state index in [0.29, 0.717) is 12.5 Å². The van der Waals surface area contributed by atoms with Crippen LogP contribution in [0.2, 0.25) is 0 Å². The monoisotopic (exact) mass is 276 g/mol. The summed E-state index contributed by atoms with van der Waals surface area (Å²) in [5, 5.41) is 2.76. The standard InChI is InChI=1S/C10H13ClN2O3S/c11-17(15,16)8-4-9(12-6-8)10(14)13-5-7-2-1-3-7/h4,6-7,12H,1-3,5H2,(H,13,14). The fraction of sp³-hybridized carbons (Fsp3) is 0.500. The average Bonchev–Trinajstić information content (AvgIpc) is 2.62. The third kappa shape index (κ3) is 3.01. The van der Waals surface area contributed by atoms with Gasteiger partial charge in [0.2, 0.25) is 0 Å². The largest absolute Gasteiger partial charge is 0.356 e. The number of carbonyl (C=O) groups is 1. The average molecular weight is 277 g/mol. The maximum atomic E-state index is 11.6. The zero-order valence-electron chi connectivity index (χ0n) is 9.07. The van der Waals surface area contributed by atoms with Gasteiger partial charge in [-0.2, -0.15) is 0 Å². The van der Waals surface area contributed by atoms with Crippen molar-refractivity contribution in [2.75, 3.05) is 6.54 Å². The fourth-order valence-corrected chi connectivity index (χ4v) is 2.40. The third-order valence-electron chi connectivity index (χ3n) is 2.96. The summed E-state index contributed by atoms with van der Waals surface area (Å²) in [7, 11) is 1.38. The number of rotatable bonds is 4. The summed E-state index contributed by atoms with van der Waals surface area (Å²) in [6, 6.07) is 1.23. The predicted octanol–water partition coefficient (Wildman–Crippen LogP) is 1.47. The summed E-state index contributed by atoms with van der Waals surface area (Å²) in [5.74, 6) is 0.258. The number of amides is 1. The van der Waals surface area contributed by atoms with Crippen molar-refractivity contribution in [3.8, 4) is 0 Å². The van der Waals surface area contributed by atoms with Gasteiger partial charge in [-0.3, -0.25) is 4.79 Å². The third-order valence-corrected chi connectivity index (χ3v) is 4.29. The van der Waals surface area contributed by atoms with Crippen molar-refractivity contribution >= 4 is 25.6 Å². The molecule has 0 atom stereocenters. The lowest BCUT2D eigenvalue weighted by atomic mass is 9.85. The Bertz CT molecular complexity index is 519. The number of halogens is 1. The summed E-state index contributed by atoms with van der Waals surface area (Å²) >= 11 is 0. The van der Waals surface area contributed by atoms with Gasteiger partial charge in [0.15, 0.2) is 0 Å². The molecule has 1 fully saturated rings. The van der Waals surface area contributed by atoms with Gasteiger partial charge in [0.25, 0.3) is 15.0 Å². The Hall–Kier alpha value is -1.01. The Morgan fingerprint density at radius 2 is 2.24 bits per heavy atom. The predicted molar refractivity (Wildman–Crippen MR) is 63.5 cm³/mol. The molecule has 1 saturated carbocycles. The molecule has 7 heteroatoms. The fourth-order valence-electron chi connectivity index (χ4n) is 1.68. The molecule has 2 N–H and O–H groups in total. The molecule has 1 aliphatic carbocycles. The van der Waals surface area contributed by atoms with Gasteiger partial charge in [-0.1, -0.05) is 6.42 Å².